The number of hydrogen-bond acceptors (Lipinski definition) is 3. The molecule has 0 saturated heterocycles. The quantitative estimate of drug-likeness (QED) is 0.775. The summed E-state index contributed by atoms with van der Waals surface area (Å²) in [5, 5.41) is 4.00. The van der Waals surface area contributed by atoms with Crippen LogP contribution in [0.5, 0.6) is 0 Å². The molecular formula is C10H17IN2O2S. The summed E-state index contributed by atoms with van der Waals surface area (Å²) in [6.07, 6.45) is 0. The van der Waals surface area contributed by atoms with Gasteiger partial charge >= 0.3 is 0 Å². The van der Waals surface area contributed by atoms with Crippen molar-refractivity contribution in [3.05, 3.63) is 15.0 Å². The number of aromatic nitrogens is 2. The van der Waals surface area contributed by atoms with E-state index in [1.807, 2.05) is 13.8 Å². The van der Waals surface area contributed by atoms with Gasteiger partial charge in [0, 0.05) is 5.69 Å². The molecule has 4 nitrogen and oxygen atoms in total. The largest absolute Gasteiger partial charge is 0.267 e. The Morgan fingerprint density at radius 2 is 1.94 bits per heavy atom. The molecule has 1 aromatic rings. The molecule has 0 bridgehead atoms. The van der Waals surface area contributed by atoms with Gasteiger partial charge in [-0.3, -0.25) is 4.68 Å². The minimum atomic E-state index is -2.98. The number of aryl methyl sites for hydroxylation is 2. The van der Waals surface area contributed by atoms with Gasteiger partial charge < -0.3 is 0 Å². The second kappa shape index (κ2) is 5.03. The number of hydrogen-bond donors (Lipinski definition) is 0. The molecule has 0 radical (unpaired) electrons. The van der Waals surface area contributed by atoms with Crippen molar-refractivity contribution < 1.29 is 8.42 Å². The van der Waals surface area contributed by atoms with Crippen molar-refractivity contribution in [2.24, 2.45) is 0 Å². The van der Waals surface area contributed by atoms with Crippen molar-refractivity contribution in [3.8, 4) is 0 Å². The Bertz CT molecular complexity index is 477. The summed E-state index contributed by atoms with van der Waals surface area (Å²) in [4.78, 5) is 0. The van der Waals surface area contributed by atoms with E-state index >= 15 is 0 Å². The molecule has 0 aliphatic rings. The molecule has 16 heavy (non-hydrogen) atoms. The van der Waals surface area contributed by atoms with Crippen molar-refractivity contribution in [1.29, 1.82) is 0 Å². The molecule has 0 atom stereocenters. The van der Waals surface area contributed by atoms with Crippen LogP contribution in [-0.2, 0) is 16.4 Å². The third-order valence-corrected chi connectivity index (χ3v) is 6.35. The Kier molecular flexibility index (Phi) is 4.39. The van der Waals surface area contributed by atoms with E-state index in [4.69, 9.17) is 0 Å². The van der Waals surface area contributed by atoms with Gasteiger partial charge in [-0.05, 0) is 50.3 Å². The van der Waals surface area contributed by atoms with Gasteiger partial charge in [-0.2, -0.15) is 5.10 Å². The summed E-state index contributed by atoms with van der Waals surface area (Å²) in [6, 6.07) is 0. The first-order chi connectivity index (χ1) is 7.25. The van der Waals surface area contributed by atoms with Crippen molar-refractivity contribution >= 4 is 32.4 Å². The minimum Gasteiger partial charge on any atom is -0.267 e. The lowest BCUT2D eigenvalue weighted by molar-refractivity contribution is 0.569. The standard InChI is InChI=1S/C10H17IN2O2S/c1-7(2)16(14,15)6-5-13-9(4)10(11)8(3)12-13/h7H,5-6H2,1-4H3. The summed E-state index contributed by atoms with van der Waals surface area (Å²) < 4.78 is 26.2. The molecule has 6 heteroatoms. The molecule has 0 unspecified atom stereocenters. The Hall–Kier alpha value is -0.110. The van der Waals surface area contributed by atoms with E-state index in [1.165, 1.54) is 0 Å². The van der Waals surface area contributed by atoms with Crippen LogP contribution in [0.25, 0.3) is 0 Å². The first-order valence-electron chi connectivity index (χ1n) is 5.16. The van der Waals surface area contributed by atoms with Gasteiger partial charge in [-0.1, -0.05) is 0 Å². The predicted octanol–water partition coefficient (Wildman–Crippen LogP) is 1.93. The van der Waals surface area contributed by atoms with Gasteiger partial charge in [0.25, 0.3) is 0 Å². The lowest BCUT2D eigenvalue weighted by Gasteiger charge is -2.08. The van der Waals surface area contributed by atoms with Crippen LogP contribution < -0.4 is 0 Å². The SMILES string of the molecule is Cc1nn(CCS(=O)(=O)C(C)C)c(C)c1I. The Morgan fingerprint density at radius 1 is 1.38 bits per heavy atom. The van der Waals surface area contributed by atoms with Crippen LogP contribution in [0.15, 0.2) is 0 Å². The van der Waals surface area contributed by atoms with Gasteiger partial charge in [0.2, 0.25) is 0 Å². The molecule has 1 aromatic heterocycles. The second-order valence-electron chi connectivity index (χ2n) is 4.12. The Morgan fingerprint density at radius 3 is 2.31 bits per heavy atom. The van der Waals surface area contributed by atoms with E-state index in [1.54, 1.807) is 18.5 Å². The molecule has 0 saturated carbocycles. The molecule has 0 N–H and O–H groups in total. The number of nitrogens with zero attached hydrogens (tertiary/aromatic N) is 2. The zero-order valence-corrected chi connectivity index (χ0v) is 13.0. The van der Waals surface area contributed by atoms with E-state index in [0.29, 0.717) is 6.54 Å². The highest BCUT2D eigenvalue weighted by atomic mass is 127. The maximum Gasteiger partial charge on any atom is 0.154 e. The molecule has 1 rings (SSSR count). The van der Waals surface area contributed by atoms with Crippen molar-refractivity contribution in [1.82, 2.24) is 9.78 Å². The topological polar surface area (TPSA) is 52.0 Å². The minimum absolute atomic E-state index is 0.155. The number of halogens is 1. The fourth-order valence-corrected chi connectivity index (χ4v) is 2.63. The highest BCUT2D eigenvalue weighted by Gasteiger charge is 2.17. The summed E-state index contributed by atoms with van der Waals surface area (Å²) in [5.74, 6) is 0.155. The van der Waals surface area contributed by atoms with Gasteiger partial charge in [-0.25, -0.2) is 8.42 Å². The third kappa shape index (κ3) is 2.97. The molecule has 92 valence electrons. The molecular weight excluding hydrogens is 339 g/mol. The summed E-state index contributed by atoms with van der Waals surface area (Å²) in [6.45, 7) is 7.75. The predicted molar refractivity (Wildman–Crippen MR) is 73.3 cm³/mol. The highest BCUT2D eigenvalue weighted by molar-refractivity contribution is 14.1. The van der Waals surface area contributed by atoms with Crippen LogP contribution in [-0.4, -0.2) is 29.2 Å². The summed E-state index contributed by atoms with van der Waals surface area (Å²) in [7, 11) is -2.98. The molecule has 0 amide bonds. The van der Waals surface area contributed by atoms with E-state index in [-0.39, 0.29) is 11.0 Å². The van der Waals surface area contributed by atoms with Gasteiger partial charge in [0.1, 0.15) is 0 Å². The third-order valence-electron chi connectivity index (χ3n) is 2.60. The molecule has 0 aliphatic carbocycles. The van der Waals surface area contributed by atoms with Crippen LogP contribution in [0, 0.1) is 17.4 Å². The number of rotatable bonds is 4. The number of sulfone groups is 1. The van der Waals surface area contributed by atoms with E-state index in [2.05, 4.69) is 27.7 Å². The molecule has 0 fully saturated rings. The molecule has 1 heterocycles. The van der Waals surface area contributed by atoms with Gasteiger partial charge in [-0.15, -0.1) is 0 Å². The lowest BCUT2D eigenvalue weighted by atomic mass is 10.4. The second-order valence-corrected chi connectivity index (χ2v) is 7.88. The average Bonchev–Trinajstić information content (AvgIpc) is 2.43. The smallest absolute Gasteiger partial charge is 0.154 e. The maximum atomic E-state index is 11.7. The van der Waals surface area contributed by atoms with Crippen LogP contribution in [0.2, 0.25) is 0 Å². The normalized spacial score (nSPS) is 12.4. The first-order valence-corrected chi connectivity index (χ1v) is 7.96. The molecule has 0 spiro atoms. The van der Waals surface area contributed by atoms with Crippen molar-refractivity contribution in [2.45, 2.75) is 39.5 Å². The zero-order valence-electron chi connectivity index (χ0n) is 9.99. The average molecular weight is 356 g/mol. The van der Waals surface area contributed by atoms with Crippen LogP contribution in [0.4, 0.5) is 0 Å². The Labute approximate surface area is 110 Å². The first kappa shape index (κ1) is 14.0. The summed E-state index contributed by atoms with van der Waals surface area (Å²) >= 11 is 2.23. The Balaban J connectivity index is 2.80. The highest BCUT2D eigenvalue weighted by Crippen LogP contribution is 2.15. The van der Waals surface area contributed by atoms with E-state index in [9.17, 15) is 8.42 Å². The monoisotopic (exact) mass is 356 g/mol. The maximum absolute atomic E-state index is 11.7. The lowest BCUT2D eigenvalue weighted by Crippen LogP contribution is -2.22. The van der Waals surface area contributed by atoms with Crippen LogP contribution in [0.1, 0.15) is 25.2 Å². The van der Waals surface area contributed by atoms with E-state index in [0.717, 1.165) is 15.0 Å². The fraction of sp³-hybridized carbons (Fsp3) is 0.700. The van der Waals surface area contributed by atoms with Crippen LogP contribution in [0.3, 0.4) is 0 Å². The molecule has 0 aromatic carbocycles. The fourth-order valence-electron chi connectivity index (χ4n) is 1.34. The van der Waals surface area contributed by atoms with Gasteiger partial charge in [0.15, 0.2) is 9.84 Å². The summed E-state index contributed by atoms with van der Waals surface area (Å²) in [5.41, 5.74) is 2.00. The van der Waals surface area contributed by atoms with Crippen molar-refractivity contribution in [3.63, 3.8) is 0 Å². The van der Waals surface area contributed by atoms with Gasteiger partial charge in [0.05, 0.1) is 26.8 Å². The van der Waals surface area contributed by atoms with Crippen molar-refractivity contribution in [2.75, 3.05) is 5.75 Å². The van der Waals surface area contributed by atoms with E-state index < -0.39 is 9.84 Å². The zero-order chi connectivity index (χ0) is 12.5. The molecule has 0 aliphatic heterocycles. The van der Waals surface area contributed by atoms with Crippen LogP contribution >= 0.6 is 22.6 Å².